The minimum atomic E-state index is -3.61. The Kier molecular flexibility index (Phi) is 7.38. The highest BCUT2D eigenvalue weighted by atomic mass is 32.2. The van der Waals surface area contributed by atoms with Crippen LogP contribution in [0.2, 0.25) is 0 Å². The molecule has 1 aromatic heterocycles. The maximum absolute atomic E-state index is 13.1. The van der Waals surface area contributed by atoms with Crippen molar-refractivity contribution in [2.45, 2.75) is 30.8 Å². The zero-order chi connectivity index (χ0) is 23.4. The summed E-state index contributed by atoms with van der Waals surface area (Å²) in [7, 11) is -1.91. The van der Waals surface area contributed by atoms with Crippen molar-refractivity contribution in [3.8, 4) is 5.75 Å². The van der Waals surface area contributed by atoms with Crippen LogP contribution < -0.4 is 14.4 Å². The molecule has 0 unspecified atom stereocenters. The molecule has 1 aliphatic rings. The van der Waals surface area contributed by atoms with Crippen molar-refractivity contribution < 1.29 is 13.2 Å². The van der Waals surface area contributed by atoms with E-state index in [2.05, 4.69) is 32.0 Å². The number of rotatable bonds is 8. The SMILES string of the molecule is COc1ccccc1N1CCN([C@@H](c2cccs2)[C@H](C)NS(=O)(=O)c2ccc(C)cc2)CC1. The van der Waals surface area contributed by atoms with Gasteiger partial charge in [-0.25, -0.2) is 13.1 Å². The van der Waals surface area contributed by atoms with E-state index in [1.807, 2.05) is 50.2 Å². The fourth-order valence-electron chi connectivity index (χ4n) is 4.43. The number of para-hydroxylation sites is 2. The van der Waals surface area contributed by atoms with Crippen LogP contribution in [-0.4, -0.2) is 52.6 Å². The lowest BCUT2D eigenvalue weighted by atomic mass is 10.1. The van der Waals surface area contributed by atoms with Gasteiger partial charge in [0, 0.05) is 37.1 Å². The summed E-state index contributed by atoms with van der Waals surface area (Å²) in [6.07, 6.45) is 0. The molecule has 176 valence electrons. The smallest absolute Gasteiger partial charge is 0.240 e. The zero-order valence-electron chi connectivity index (χ0n) is 19.3. The molecule has 1 fully saturated rings. The Labute approximate surface area is 200 Å². The summed E-state index contributed by atoms with van der Waals surface area (Å²) in [4.78, 5) is 6.19. The first kappa shape index (κ1) is 23.8. The lowest BCUT2D eigenvalue weighted by molar-refractivity contribution is 0.163. The van der Waals surface area contributed by atoms with Crippen molar-refractivity contribution in [2.75, 3.05) is 38.2 Å². The third kappa shape index (κ3) is 5.41. The number of methoxy groups -OCH3 is 1. The van der Waals surface area contributed by atoms with Crippen molar-refractivity contribution in [3.05, 3.63) is 76.5 Å². The van der Waals surface area contributed by atoms with Crippen LogP contribution in [-0.2, 0) is 10.0 Å². The molecular weight excluding hydrogens is 454 g/mol. The molecule has 1 saturated heterocycles. The second-order valence-corrected chi connectivity index (χ2v) is 11.1. The van der Waals surface area contributed by atoms with Crippen LogP contribution in [0.3, 0.4) is 0 Å². The van der Waals surface area contributed by atoms with Crippen molar-refractivity contribution >= 4 is 27.0 Å². The lowest BCUT2D eigenvalue weighted by Gasteiger charge is -2.42. The van der Waals surface area contributed by atoms with E-state index in [9.17, 15) is 8.42 Å². The maximum Gasteiger partial charge on any atom is 0.240 e. The molecule has 4 rings (SSSR count). The first-order valence-electron chi connectivity index (χ1n) is 11.1. The monoisotopic (exact) mass is 485 g/mol. The lowest BCUT2D eigenvalue weighted by Crippen LogP contribution is -2.52. The highest BCUT2D eigenvalue weighted by Crippen LogP contribution is 2.33. The summed E-state index contributed by atoms with van der Waals surface area (Å²) < 4.78 is 34.6. The third-order valence-corrected chi connectivity index (χ3v) is 8.63. The normalized spacial score (nSPS) is 17.0. The van der Waals surface area contributed by atoms with Gasteiger partial charge in [0.15, 0.2) is 0 Å². The number of sulfonamides is 1. The largest absolute Gasteiger partial charge is 0.495 e. The fourth-order valence-corrected chi connectivity index (χ4v) is 6.64. The first-order chi connectivity index (χ1) is 15.9. The molecule has 2 aromatic carbocycles. The number of aryl methyl sites for hydroxylation is 1. The molecule has 8 heteroatoms. The number of nitrogens with one attached hydrogen (secondary N) is 1. The van der Waals surface area contributed by atoms with Gasteiger partial charge in [0.25, 0.3) is 0 Å². The van der Waals surface area contributed by atoms with Gasteiger partial charge in [0.05, 0.1) is 23.7 Å². The number of benzene rings is 2. The van der Waals surface area contributed by atoms with E-state index in [0.29, 0.717) is 4.90 Å². The van der Waals surface area contributed by atoms with Crippen molar-refractivity contribution in [3.63, 3.8) is 0 Å². The molecule has 1 aliphatic heterocycles. The predicted octanol–water partition coefficient (Wildman–Crippen LogP) is 4.30. The summed E-state index contributed by atoms with van der Waals surface area (Å²) in [5, 5.41) is 2.05. The Bertz CT molecular complexity index is 1140. The van der Waals surface area contributed by atoms with Gasteiger partial charge in [0.1, 0.15) is 5.75 Å². The van der Waals surface area contributed by atoms with Gasteiger partial charge in [0.2, 0.25) is 10.0 Å². The van der Waals surface area contributed by atoms with Gasteiger partial charge in [-0.1, -0.05) is 35.9 Å². The van der Waals surface area contributed by atoms with E-state index >= 15 is 0 Å². The summed E-state index contributed by atoms with van der Waals surface area (Å²) in [6, 6.07) is 18.9. The van der Waals surface area contributed by atoms with Crippen LogP contribution >= 0.6 is 11.3 Å². The maximum atomic E-state index is 13.1. The van der Waals surface area contributed by atoms with E-state index in [0.717, 1.165) is 43.2 Å². The molecule has 0 radical (unpaired) electrons. The van der Waals surface area contributed by atoms with Gasteiger partial charge < -0.3 is 9.64 Å². The number of hydrogen-bond donors (Lipinski definition) is 1. The Hall–Kier alpha value is -2.39. The molecule has 1 N–H and O–H groups in total. The second-order valence-electron chi connectivity index (χ2n) is 8.38. The minimum Gasteiger partial charge on any atom is -0.495 e. The predicted molar refractivity (Wildman–Crippen MR) is 135 cm³/mol. The van der Waals surface area contributed by atoms with Gasteiger partial charge >= 0.3 is 0 Å². The molecule has 0 saturated carbocycles. The van der Waals surface area contributed by atoms with E-state index in [1.165, 1.54) is 4.88 Å². The zero-order valence-corrected chi connectivity index (χ0v) is 20.9. The minimum absolute atomic E-state index is 0.0370. The van der Waals surface area contributed by atoms with Crippen molar-refractivity contribution in [1.29, 1.82) is 0 Å². The van der Waals surface area contributed by atoms with Gasteiger partial charge in [-0.3, -0.25) is 4.90 Å². The van der Waals surface area contributed by atoms with Crippen LogP contribution in [0.1, 0.15) is 23.4 Å². The molecule has 0 aliphatic carbocycles. The fraction of sp³-hybridized carbons (Fsp3) is 0.360. The van der Waals surface area contributed by atoms with E-state index < -0.39 is 10.0 Å². The van der Waals surface area contributed by atoms with Gasteiger partial charge in [-0.2, -0.15) is 0 Å². The third-order valence-electron chi connectivity index (χ3n) is 6.11. The number of thiophene rings is 1. The molecule has 0 amide bonds. The summed E-state index contributed by atoms with van der Waals surface area (Å²) in [6.45, 7) is 7.26. The van der Waals surface area contributed by atoms with Crippen molar-refractivity contribution in [1.82, 2.24) is 9.62 Å². The highest BCUT2D eigenvalue weighted by Gasteiger charge is 2.33. The first-order valence-corrected chi connectivity index (χ1v) is 13.5. The summed E-state index contributed by atoms with van der Waals surface area (Å²) in [5.74, 6) is 0.875. The van der Waals surface area contributed by atoms with E-state index in [-0.39, 0.29) is 12.1 Å². The van der Waals surface area contributed by atoms with Crippen LogP contribution in [0.15, 0.2) is 70.9 Å². The Balaban J connectivity index is 1.51. The number of piperazine rings is 1. The Morgan fingerprint density at radius 2 is 1.67 bits per heavy atom. The number of ether oxygens (including phenoxy) is 1. The molecule has 6 nitrogen and oxygen atoms in total. The van der Waals surface area contributed by atoms with Crippen LogP contribution in [0, 0.1) is 6.92 Å². The van der Waals surface area contributed by atoms with Crippen molar-refractivity contribution in [2.24, 2.45) is 0 Å². The average molecular weight is 486 g/mol. The average Bonchev–Trinajstić information content (AvgIpc) is 3.34. The van der Waals surface area contributed by atoms with Gasteiger partial charge in [-0.05, 0) is 49.6 Å². The summed E-state index contributed by atoms with van der Waals surface area (Å²) in [5.41, 5.74) is 2.13. The number of nitrogens with zero attached hydrogens (tertiary/aromatic N) is 2. The molecular formula is C25H31N3O3S2. The van der Waals surface area contributed by atoms with Gasteiger partial charge in [-0.15, -0.1) is 11.3 Å². The van der Waals surface area contributed by atoms with E-state index in [4.69, 9.17) is 4.74 Å². The van der Waals surface area contributed by atoms with Crippen LogP contribution in [0.5, 0.6) is 5.75 Å². The molecule has 33 heavy (non-hydrogen) atoms. The molecule has 3 aromatic rings. The quantitative estimate of drug-likeness (QED) is 0.516. The molecule has 0 bridgehead atoms. The molecule has 2 atom stereocenters. The number of anilines is 1. The van der Waals surface area contributed by atoms with E-state index in [1.54, 1.807) is 30.6 Å². The van der Waals surface area contributed by atoms with Crippen LogP contribution in [0.4, 0.5) is 5.69 Å². The van der Waals surface area contributed by atoms with Crippen LogP contribution in [0.25, 0.3) is 0 Å². The second kappa shape index (κ2) is 10.3. The topological polar surface area (TPSA) is 61.9 Å². The standard InChI is InChI=1S/C25H31N3O3S2/c1-19-10-12-21(13-11-19)33(29,30)26-20(2)25(24-9-6-18-32-24)28-16-14-27(15-17-28)22-7-4-5-8-23(22)31-3/h4-13,18,20,25-26H,14-17H2,1-3H3/t20-,25+/m0/s1. The highest BCUT2D eigenvalue weighted by molar-refractivity contribution is 7.89. The number of hydrogen-bond acceptors (Lipinski definition) is 6. The molecule has 0 spiro atoms. The summed E-state index contributed by atoms with van der Waals surface area (Å²) >= 11 is 1.67. The Morgan fingerprint density at radius 1 is 0.970 bits per heavy atom. The molecule has 2 heterocycles. The Morgan fingerprint density at radius 3 is 2.30 bits per heavy atom.